The second-order valence-corrected chi connectivity index (χ2v) is 8.97. The first-order valence-corrected chi connectivity index (χ1v) is 11.0. The summed E-state index contributed by atoms with van der Waals surface area (Å²) >= 11 is 6.02. The van der Waals surface area contributed by atoms with Gasteiger partial charge in [-0.25, -0.2) is 8.42 Å². The molecular weight excluding hydrogens is 400 g/mol. The fourth-order valence-corrected chi connectivity index (χ4v) is 4.80. The maximum Gasteiger partial charge on any atom is 0.251 e. The Morgan fingerprint density at radius 1 is 1.18 bits per heavy atom. The van der Waals surface area contributed by atoms with Gasteiger partial charge >= 0.3 is 0 Å². The van der Waals surface area contributed by atoms with Crippen molar-refractivity contribution in [3.63, 3.8) is 0 Å². The monoisotopic (exact) mass is 422 g/mol. The third-order valence-corrected chi connectivity index (χ3v) is 6.85. The van der Waals surface area contributed by atoms with E-state index in [9.17, 15) is 13.2 Å². The van der Waals surface area contributed by atoms with Crippen LogP contribution in [0.3, 0.4) is 0 Å². The molecule has 8 heteroatoms. The molecule has 0 radical (unpaired) electrons. The summed E-state index contributed by atoms with van der Waals surface area (Å²) in [6, 6.07) is 11.8. The SMILES string of the molecule is Cc1ccc(S(=O)(=O)N2CCCC2)cc1C(=O)NCCOc1ccccc1Cl. The number of ether oxygens (including phenoxy) is 1. The Morgan fingerprint density at radius 3 is 2.61 bits per heavy atom. The van der Waals surface area contributed by atoms with Gasteiger partial charge in [-0.2, -0.15) is 4.31 Å². The first-order chi connectivity index (χ1) is 13.4. The third kappa shape index (κ3) is 4.66. The van der Waals surface area contributed by atoms with Crippen LogP contribution in [0.1, 0.15) is 28.8 Å². The van der Waals surface area contributed by atoms with E-state index >= 15 is 0 Å². The van der Waals surface area contributed by atoms with Gasteiger partial charge in [0, 0.05) is 18.7 Å². The molecule has 150 valence electrons. The Labute approximate surface area is 170 Å². The number of halogens is 1. The summed E-state index contributed by atoms with van der Waals surface area (Å²) in [4.78, 5) is 12.7. The Morgan fingerprint density at radius 2 is 1.89 bits per heavy atom. The highest BCUT2D eigenvalue weighted by Crippen LogP contribution is 2.24. The Bertz CT molecular complexity index is 956. The normalized spacial score (nSPS) is 14.8. The smallest absolute Gasteiger partial charge is 0.251 e. The highest BCUT2D eigenvalue weighted by Gasteiger charge is 2.28. The summed E-state index contributed by atoms with van der Waals surface area (Å²) < 4.78 is 32.5. The van der Waals surface area contributed by atoms with Crippen molar-refractivity contribution < 1.29 is 17.9 Å². The zero-order valence-electron chi connectivity index (χ0n) is 15.7. The van der Waals surface area contributed by atoms with E-state index in [-0.39, 0.29) is 24.0 Å². The van der Waals surface area contributed by atoms with Crippen LogP contribution >= 0.6 is 11.6 Å². The summed E-state index contributed by atoms with van der Waals surface area (Å²) in [6.07, 6.45) is 1.73. The molecule has 1 N–H and O–H groups in total. The summed E-state index contributed by atoms with van der Waals surface area (Å²) in [5.41, 5.74) is 1.06. The number of carbonyl (C=O) groups is 1. The second-order valence-electron chi connectivity index (χ2n) is 6.62. The predicted molar refractivity (Wildman–Crippen MR) is 108 cm³/mol. The molecule has 0 atom stereocenters. The van der Waals surface area contributed by atoms with Crippen molar-refractivity contribution in [2.24, 2.45) is 0 Å². The van der Waals surface area contributed by atoms with Crippen LogP contribution in [0.5, 0.6) is 5.75 Å². The second kappa shape index (κ2) is 8.94. The van der Waals surface area contributed by atoms with E-state index in [0.29, 0.717) is 35.0 Å². The Kier molecular flexibility index (Phi) is 6.59. The predicted octanol–water partition coefficient (Wildman–Crippen LogP) is 3.24. The van der Waals surface area contributed by atoms with Gasteiger partial charge in [0.1, 0.15) is 12.4 Å². The van der Waals surface area contributed by atoms with Crippen molar-refractivity contribution in [1.82, 2.24) is 9.62 Å². The number of carbonyl (C=O) groups excluding carboxylic acids is 1. The van der Waals surface area contributed by atoms with Crippen molar-refractivity contribution in [1.29, 1.82) is 0 Å². The third-order valence-electron chi connectivity index (χ3n) is 4.64. The molecular formula is C20H23ClN2O4S. The average Bonchev–Trinajstić information content (AvgIpc) is 3.22. The molecule has 1 saturated heterocycles. The number of sulfonamides is 1. The number of hydrogen-bond acceptors (Lipinski definition) is 4. The lowest BCUT2D eigenvalue weighted by Gasteiger charge is -2.17. The van der Waals surface area contributed by atoms with Gasteiger partial charge in [-0.05, 0) is 49.6 Å². The van der Waals surface area contributed by atoms with Crippen LogP contribution in [0.4, 0.5) is 0 Å². The average molecular weight is 423 g/mol. The molecule has 0 aliphatic carbocycles. The van der Waals surface area contributed by atoms with Crippen molar-refractivity contribution in [2.75, 3.05) is 26.2 Å². The molecule has 28 heavy (non-hydrogen) atoms. The molecule has 3 rings (SSSR count). The molecule has 0 spiro atoms. The number of rotatable bonds is 7. The highest BCUT2D eigenvalue weighted by atomic mass is 35.5. The van der Waals surface area contributed by atoms with Crippen LogP contribution in [-0.4, -0.2) is 44.9 Å². The van der Waals surface area contributed by atoms with Gasteiger partial charge in [0.15, 0.2) is 0 Å². The lowest BCUT2D eigenvalue weighted by molar-refractivity contribution is 0.0946. The van der Waals surface area contributed by atoms with Crippen LogP contribution < -0.4 is 10.1 Å². The van der Waals surface area contributed by atoms with Crippen molar-refractivity contribution in [3.8, 4) is 5.75 Å². The van der Waals surface area contributed by atoms with Crippen molar-refractivity contribution in [2.45, 2.75) is 24.7 Å². The summed E-state index contributed by atoms with van der Waals surface area (Å²) in [6.45, 7) is 3.35. The molecule has 0 bridgehead atoms. The minimum atomic E-state index is -3.56. The lowest BCUT2D eigenvalue weighted by Crippen LogP contribution is -2.30. The molecule has 1 heterocycles. The summed E-state index contributed by atoms with van der Waals surface area (Å²) in [5, 5.41) is 3.27. The van der Waals surface area contributed by atoms with Gasteiger partial charge in [-0.15, -0.1) is 0 Å². The van der Waals surface area contributed by atoms with E-state index in [4.69, 9.17) is 16.3 Å². The Balaban J connectivity index is 1.64. The van der Waals surface area contributed by atoms with Gasteiger partial charge in [0.2, 0.25) is 10.0 Å². The molecule has 1 amide bonds. The Hall–Kier alpha value is -2.09. The number of nitrogens with one attached hydrogen (secondary N) is 1. The van der Waals surface area contributed by atoms with Gasteiger partial charge in [-0.3, -0.25) is 4.79 Å². The maximum absolute atomic E-state index is 12.7. The summed E-state index contributed by atoms with van der Waals surface area (Å²) in [7, 11) is -3.56. The van der Waals surface area contributed by atoms with Crippen molar-refractivity contribution >= 4 is 27.5 Å². The molecule has 1 aliphatic heterocycles. The fourth-order valence-electron chi connectivity index (χ4n) is 3.07. The van der Waals surface area contributed by atoms with E-state index < -0.39 is 10.0 Å². The van der Waals surface area contributed by atoms with Crippen LogP contribution in [0.2, 0.25) is 5.02 Å². The lowest BCUT2D eigenvalue weighted by atomic mass is 10.1. The molecule has 0 aromatic heterocycles. The minimum absolute atomic E-state index is 0.150. The minimum Gasteiger partial charge on any atom is -0.490 e. The van der Waals surface area contributed by atoms with Gasteiger partial charge in [0.05, 0.1) is 16.5 Å². The standard InChI is InChI=1S/C20H23ClN2O4S/c1-15-8-9-16(28(25,26)23-11-4-5-12-23)14-17(15)20(24)22-10-13-27-19-7-3-2-6-18(19)21/h2-3,6-9,14H,4-5,10-13H2,1H3,(H,22,24). The number of hydrogen-bond donors (Lipinski definition) is 1. The molecule has 2 aromatic rings. The number of amides is 1. The molecule has 0 unspecified atom stereocenters. The number of aryl methyl sites for hydroxylation is 1. The zero-order valence-corrected chi connectivity index (χ0v) is 17.2. The quantitative estimate of drug-likeness (QED) is 0.695. The first kappa shape index (κ1) is 20.6. The first-order valence-electron chi connectivity index (χ1n) is 9.16. The van der Waals surface area contributed by atoms with Crippen LogP contribution in [0.25, 0.3) is 0 Å². The topological polar surface area (TPSA) is 75.7 Å². The van der Waals surface area contributed by atoms with Gasteiger partial charge < -0.3 is 10.1 Å². The van der Waals surface area contributed by atoms with Crippen LogP contribution in [0, 0.1) is 6.92 Å². The van der Waals surface area contributed by atoms with E-state index in [1.54, 1.807) is 31.2 Å². The van der Waals surface area contributed by atoms with Crippen molar-refractivity contribution in [3.05, 3.63) is 58.6 Å². The largest absolute Gasteiger partial charge is 0.490 e. The molecule has 1 fully saturated rings. The van der Waals surface area contributed by atoms with E-state index in [1.807, 2.05) is 12.1 Å². The molecule has 6 nitrogen and oxygen atoms in total. The van der Waals surface area contributed by atoms with Gasteiger partial charge in [0.25, 0.3) is 5.91 Å². The molecule has 1 aliphatic rings. The van der Waals surface area contributed by atoms with Gasteiger partial charge in [-0.1, -0.05) is 29.8 Å². The molecule has 2 aromatic carbocycles. The fraction of sp³-hybridized carbons (Fsp3) is 0.350. The zero-order chi connectivity index (χ0) is 20.1. The highest BCUT2D eigenvalue weighted by molar-refractivity contribution is 7.89. The van der Waals surface area contributed by atoms with Crippen LogP contribution in [0.15, 0.2) is 47.4 Å². The number of nitrogens with zero attached hydrogens (tertiary/aromatic N) is 1. The molecule has 0 saturated carbocycles. The summed E-state index contributed by atoms with van der Waals surface area (Å²) in [5.74, 6) is 0.215. The number of benzene rings is 2. The maximum atomic E-state index is 12.7. The van der Waals surface area contributed by atoms with E-state index in [1.165, 1.54) is 10.4 Å². The van der Waals surface area contributed by atoms with E-state index in [0.717, 1.165) is 12.8 Å². The van der Waals surface area contributed by atoms with E-state index in [2.05, 4.69) is 5.32 Å². The van der Waals surface area contributed by atoms with Crippen LogP contribution in [-0.2, 0) is 10.0 Å². The number of para-hydroxylation sites is 1.